The van der Waals surface area contributed by atoms with Gasteiger partial charge in [-0.25, -0.2) is 0 Å². The van der Waals surface area contributed by atoms with Gasteiger partial charge >= 0.3 is 0 Å². The molecule has 0 fully saturated rings. The zero-order chi connectivity index (χ0) is 35.0. The number of hydrogen-bond acceptors (Lipinski definition) is 4. The molecule has 0 N–H and O–H groups in total. The molecule has 0 spiro atoms. The van der Waals surface area contributed by atoms with Crippen LogP contribution in [0.15, 0.2) is 121 Å². The van der Waals surface area contributed by atoms with Crippen LogP contribution in [0.1, 0.15) is 72.1 Å². The first-order chi connectivity index (χ1) is 23.1. The van der Waals surface area contributed by atoms with Crippen molar-refractivity contribution in [2.24, 2.45) is 5.41 Å². The summed E-state index contributed by atoms with van der Waals surface area (Å²) in [4.78, 5) is 6.71. The molecule has 0 atom stereocenters. The fraction of sp³-hybridized carbons (Fsp3) is 0.273. The van der Waals surface area contributed by atoms with E-state index in [0.29, 0.717) is 0 Å². The number of fused-ring (bicyclic) bond motifs is 3. The summed E-state index contributed by atoms with van der Waals surface area (Å²) in [7, 11) is 2.07. The number of anilines is 5. The van der Waals surface area contributed by atoms with E-state index in [2.05, 4.69) is 194 Å². The standard InChI is InChI=1S/C44H48N4O/c1-29-46(11)38-18-14-15-19-39(38)47(29)32-24-31(43(5,6)7)25-34(27-32)49-33-20-21-36-40(28-33)48(37-17-13-12-16-35(37)44(36,8)9)41-26-30(42(2,3)4)22-23-45(41)10/h12-28H,1,10H2,2-9,11H3. The topological polar surface area (TPSA) is 22.0 Å². The number of nitrogens with zero attached hydrogens (tertiary/aromatic N) is 4. The average molecular weight is 649 g/mol. The molecule has 5 heteroatoms. The molecule has 3 heterocycles. The summed E-state index contributed by atoms with van der Waals surface area (Å²) < 4.78 is 8.83. The van der Waals surface area contributed by atoms with E-state index in [0.717, 1.165) is 51.9 Å². The van der Waals surface area contributed by atoms with Gasteiger partial charge in [-0.1, -0.05) is 111 Å². The molecular weight excluding hydrogens is 601 g/mol. The molecule has 0 saturated carbocycles. The number of para-hydroxylation sites is 3. The molecule has 0 radical (unpaired) electrons. The van der Waals surface area contributed by atoms with Crippen molar-refractivity contribution in [3.8, 4) is 11.5 Å². The van der Waals surface area contributed by atoms with Crippen molar-refractivity contribution in [2.75, 3.05) is 21.7 Å². The molecule has 250 valence electrons. The van der Waals surface area contributed by atoms with Gasteiger partial charge in [0.25, 0.3) is 0 Å². The largest absolute Gasteiger partial charge is 0.457 e. The third-order valence-electron chi connectivity index (χ3n) is 10.2. The van der Waals surface area contributed by atoms with Crippen molar-refractivity contribution in [1.29, 1.82) is 0 Å². The van der Waals surface area contributed by atoms with Gasteiger partial charge in [-0.15, -0.1) is 5.57 Å². The van der Waals surface area contributed by atoms with Gasteiger partial charge < -0.3 is 9.64 Å². The van der Waals surface area contributed by atoms with Crippen molar-refractivity contribution in [1.82, 2.24) is 0 Å². The Kier molecular flexibility index (Phi) is 7.40. The van der Waals surface area contributed by atoms with Gasteiger partial charge in [0.1, 0.15) is 17.3 Å². The van der Waals surface area contributed by atoms with Crippen molar-refractivity contribution in [3.05, 3.63) is 144 Å². The summed E-state index contributed by atoms with van der Waals surface area (Å²) in [6, 6.07) is 30.2. The minimum Gasteiger partial charge on any atom is -0.457 e. The third-order valence-corrected chi connectivity index (χ3v) is 10.2. The predicted octanol–water partition coefficient (Wildman–Crippen LogP) is 11.3. The van der Waals surface area contributed by atoms with Crippen LogP contribution in [0, 0.1) is 11.6 Å². The second-order valence-corrected chi connectivity index (χ2v) is 16.0. The van der Waals surface area contributed by atoms with Gasteiger partial charge in [-0.2, -0.15) is 0 Å². The molecule has 0 amide bonds. The molecule has 5 nitrogen and oxygen atoms in total. The first kappa shape index (κ1) is 32.4. The quantitative estimate of drug-likeness (QED) is 0.162. The minimum atomic E-state index is -0.219. The molecular formula is C44H48N4O. The van der Waals surface area contributed by atoms with Crippen molar-refractivity contribution >= 4 is 35.2 Å². The Morgan fingerprint density at radius 3 is 2.08 bits per heavy atom. The molecule has 4 aromatic rings. The molecule has 7 rings (SSSR count). The Labute approximate surface area is 292 Å². The van der Waals surface area contributed by atoms with E-state index >= 15 is 0 Å². The Bertz CT molecular complexity index is 2070. The summed E-state index contributed by atoms with van der Waals surface area (Å²) >= 11 is 0. The zero-order valence-corrected chi connectivity index (χ0v) is 30.4. The molecule has 0 unspecified atom stereocenters. The van der Waals surface area contributed by atoms with E-state index in [1.807, 2.05) is 4.58 Å². The lowest BCUT2D eigenvalue weighted by atomic mass is 9.73. The van der Waals surface area contributed by atoms with Crippen LogP contribution in [0.4, 0.5) is 28.4 Å². The monoisotopic (exact) mass is 648 g/mol. The van der Waals surface area contributed by atoms with Gasteiger partial charge in [-0.3, -0.25) is 14.4 Å². The number of rotatable bonds is 4. The SMILES string of the molecule is C=C1N(C)c2ccccc2N1c1cc(Oc2ccc3c(c2)N([C-]2C=C(C(C)(C)C)C=C[N+]2=C)c2ccccc2C3(C)C)cc(C(C)(C)C)c1. The van der Waals surface area contributed by atoms with Crippen LogP contribution in [0.3, 0.4) is 0 Å². The van der Waals surface area contributed by atoms with Gasteiger partial charge in [0.15, 0.2) is 0 Å². The summed E-state index contributed by atoms with van der Waals surface area (Å²) in [5.74, 6) is 2.46. The molecule has 0 bridgehead atoms. The van der Waals surface area contributed by atoms with Crippen LogP contribution in [0.2, 0.25) is 0 Å². The number of benzene rings is 4. The van der Waals surface area contributed by atoms with E-state index in [4.69, 9.17) is 4.74 Å². The van der Waals surface area contributed by atoms with Crippen molar-refractivity contribution in [2.45, 2.75) is 66.2 Å². The second kappa shape index (κ2) is 11.2. The Morgan fingerprint density at radius 1 is 0.735 bits per heavy atom. The van der Waals surface area contributed by atoms with E-state index in [-0.39, 0.29) is 16.2 Å². The summed E-state index contributed by atoms with van der Waals surface area (Å²) in [6.07, 6.45) is 7.51. The first-order valence-corrected chi connectivity index (χ1v) is 17.1. The highest BCUT2D eigenvalue weighted by molar-refractivity contribution is 5.88. The molecule has 0 aliphatic carbocycles. The number of allylic oxidation sites excluding steroid dienone is 2. The average Bonchev–Trinajstić information content (AvgIpc) is 3.30. The smallest absolute Gasteiger partial charge is 0.203 e. The summed E-state index contributed by atoms with van der Waals surface area (Å²) in [6.45, 7) is 27.0. The van der Waals surface area contributed by atoms with E-state index in [9.17, 15) is 0 Å². The Hall–Kier alpha value is -5.16. The summed E-state index contributed by atoms with van der Waals surface area (Å²) in [5, 5.41) is 0. The Balaban J connectivity index is 1.35. The molecule has 3 aliphatic rings. The maximum absolute atomic E-state index is 6.86. The maximum atomic E-state index is 6.86. The van der Waals surface area contributed by atoms with E-state index in [1.54, 1.807) is 0 Å². The lowest BCUT2D eigenvalue weighted by molar-refractivity contribution is -0.425. The fourth-order valence-corrected chi connectivity index (χ4v) is 7.18. The first-order valence-electron chi connectivity index (χ1n) is 17.1. The molecule has 4 aromatic carbocycles. The van der Waals surface area contributed by atoms with Gasteiger partial charge in [-0.05, 0) is 63.9 Å². The van der Waals surface area contributed by atoms with Crippen molar-refractivity contribution < 1.29 is 9.31 Å². The lowest BCUT2D eigenvalue weighted by Crippen LogP contribution is -2.38. The number of ether oxygens (including phenoxy) is 1. The Morgan fingerprint density at radius 2 is 1.39 bits per heavy atom. The van der Waals surface area contributed by atoms with Crippen LogP contribution >= 0.6 is 0 Å². The second-order valence-electron chi connectivity index (χ2n) is 16.0. The van der Waals surface area contributed by atoms with Gasteiger partial charge in [0.05, 0.1) is 30.0 Å². The van der Waals surface area contributed by atoms with Crippen LogP contribution in [0.25, 0.3) is 0 Å². The van der Waals surface area contributed by atoms with Crippen LogP contribution in [-0.2, 0) is 10.8 Å². The van der Waals surface area contributed by atoms with E-state index in [1.165, 1.54) is 22.3 Å². The normalized spacial score (nSPS) is 16.8. The fourth-order valence-electron chi connectivity index (χ4n) is 7.18. The predicted molar refractivity (Wildman–Crippen MR) is 206 cm³/mol. The zero-order valence-electron chi connectivity index (χ0n) is 30.4. The van der Waals surface area contributed by atoms with Crippen LogP contribution < -0.4 is 19.4 Å². The molecule has 3 aliphatic heterocycles. The van der Waals surface area contributed by atoms with E-state index < -0.39 is 0 Å². The highest BCUT2D eigenvalue weighted by atomic mass is 16.5. The van der Waals surface area contributed by atoms with Crippen molar-refractivity contribution in [3.63, 3.8) is 0 Å². The molecule has 49 heavy (non-hydrogen) atoms. The highest BCUT2D eigenvalue weighted by Crippen LogP contribution is 2.53. The minimum absolute atomic E-state index is 0.0167. The van der Waals surface area contributed by atoms with Gasteiger partial charge in [0.2, 0.25) is 6.17 Å². The lowest BCUT2D eigenvalue weighted by Gasteiger charge is -2.45. The molecule has 0 aromatic heterocycles. The van der Waals surface area contributed by atoms with Crippen LogP contribution in [-0.4, -0.2) is 18.3 Å². The van der Waals surface area contributed by atoms with Crippen LogP contribution in [0.5, 0.6) is 11.5 Å². The third kappa shape index (κ3) is 5.42. The number of hydrogen-bond donors (Lipinski definition) is 0. The molecule has 0 saturated heterocycles. The maximum Gasteiger partial charge on any atom is 0.203 e. The highest BCUT2D eigenvalue weighted by Gasteiger charge is 2.40. The van der Waals surface area contributed by atoms with Gasteiger partial charge in [0, 0.05) is 36.0 Å². The summed E-state index contributed by atoms with van der Waals surface area (Å²) in [5.41, 5.74) is 10.1.